The number of piperazine rings is 1. The fraction of sp³-hybridized carbons (Fsp3) is 0.353. The van der Waals surface area contributed by atoms with Gasteiger partial charge in [0.15, 0.2) is 0 Å². The Bertz CT molecular complexity index is 701. The number of amides is 2. The van der Waals surface area contributed by atoms with Crippen LogP contribution in [0.1, 0.15) is 10.4 Å². The quantitative estimate of drug-likeness (QED) is 0.793. The fourth-order valence-electron chi connectivity index (χ4n) is 2.82. The van der Waals surface area contributed by atoms with E-state index in [1.165, 1.54) is 15.8 Å². The third-order valence-electron chi connectivity index (χ3n) is 4.20. The summed E-state index contributed by atoms with van der Waals surface area (Å²) in [5.41, 5.74) is 0.512. The molecular weight excluding hydrogens is 393 g/mol. The molecule has 0 atom stereocenters. The van der Waals surface area contributed by atoms with Gasteiger partial charge in [-0.3, -0.25) is 0 Å². The summed E-state index contributed by atoms with van der Waals surface area (Å²) in [6, 6.07) is 10.6. The first-order valence-electron chi connectivity index (χ1n) is 7.96. The molecule has 2 heterocycles. The van der Waals surface area contributed by atoms with E-state index in [0.717, 1.165) is 36.5 Å². The molecule has 1 fully saturated rings. The molecular formula is C17H20BrFN3OS+. The zero-order chi connectivity index (χ0) is 16.9. The minimum absolute atomic E-state index is 0.115. The van der Waals surface area contributed by atoms with Crippen LogP contribution in [-0.4, -0.2) is 37.1 Å². The van der Waals surface area contributed by atoms with Crippen molar-refractivity contribution in [1.29, 1.82) is 0 Å². The Morgan fingerprint density at radius 1 is 1.25 bits per heavy atom. The Morgan fingerprint density at radius 3 is 2.67 bits per heavy atom. The lowest BCUT2D eigenvalue weighted by atomic mass is 10.2. The van der Waals surface area contributed by atoms with Crippen molar-refractivity contribution in [3.63, 3.8) is 0 Å². The predicted octanol–water partition coefficient (Wildman–Crippen LogP) is 2.26. The summed E-state index contributed by atoms with van der Waals surface area (Å²) in [5, 5.41) is 2.81. The number of quaternary nitrogens is 1. The molecule has 0 unspecified atom stereocenters. The van der Waals surface area contributed by atoms with Crippen LogP contribution in [0.5, 0.6) is 0 Å². The van der Waals surface area contributed by atoms with E-state index in [2.05, 4.69) is 33.4 Å². The average Bonchev–Trinajstić information content (AvgIpc) is 2.99. The van der Waals surface area contributed by atoms with E-state index >= 15 is 0 Å². The number of nitrogens with zero attached hydrogens (tertiary/aromatic N) is 1. The van der Waals surface area contributed by atoms with Crippen LogP contribution >= 0.6 is 27.3 Å². The van der Waals surface area contributed by atoms with Crippen molar-refractivity contribution in [1.82, 2.24) is 10.2 Å². The van der Waals surface area contributed by atoms with Crippen molar-refractivity contribution < 1.29 is 14.1 Å². The minimum Gasteiger partial charge on any atom is -0.334 e. The first-order chi connectivity index (χ1) is 11.6. The molecule has 0 spiro atoms. The highest BCUT2D eigenvalue weighted by Crippen LogP contribution is 2.21. The van der Waals surface area contributed by atoms with Crippen LogP contribution in [-0.2, 0) is 13.1 Å². The van der Waals surface area contributed by atoms with Crippen LogP contribution in [0.25, 0.3) is 0 Å². The molecule has 7 heteroatoms. The number of benzene rings is 1. The second-order valence-corrected chi connectivity index (χ2v) is 8.42. The van der Waals surface area contributed by atoms with Crippen molar-refractivity contribution in [3.8, 4) is 0 Å². The van der Waals surface area contributed by atoms with E-state index in [1.807, 2.05) is 4.90 Å². The number of rotatable bonds is 4. The summed E-state index contributed by atoms with van der Waals surface area (Å²) in [7, 11) is 0. The van der Waals surface area contributed by atoms with Crippen molar-refractivity contribution in [2.45, 2.75) is 13.1 Å². The lowest BCUT2D eigenvalue weighted by Crippen LogP contribution is -3.13. The maximum atomic E-state index is 13.6. The van der Waals surface area contributed by atoms with E-state index in [0.29, 0.717) is 5.56 Å². The summed E-state index contributed by atoms with van der Waals surface area (Å²) < 4.78 is 14.7. The number of nitrogens with one attached hydrogen (secondary N) is 2. The van der Waals surface area contributed by atoms with E-state index in [4.69, 9.17) is 0 Å². The molecule has 0 bridgehead atoms. The third kappa shape index (κ3) is 4.55. The van der Waals surface area contributed by atoms with Gasteiger partial charge in [-0.25, -0.2) is 9.18 Å². The van der Waals surface area contributed by atoms with Crippen molar-refractivity contribution in [2.75, 3.05) is 26.2 Å². The molecule has 3 rings (SSSR count). The highest BCUT2D eigenvalue weighted by Gasteiger charge is 2.24. The van der Waals surface area contributed by atoms with Gasteiger partial charge in [0.25, 0.3) is 0 Å². The van der Waals surface area contributed by atoms with Crippen LogP contribution < -0.4 is 10.2 Å². The van der Waals surface area contributed by atoms with Gasteiger partial charge in [0.05, 0.1) is 34.8 Å². The molecule has 24 heavy (non-hydrogen) atoms. The van der Waals surface area contributed by atoms with Gasteiger partial charge in [0, 0.05) is 12.1 Å². The van der Waals surface area contributed by atoms with Gasteiger partial charge in [-0.2, -0.15) is 0 Å². The topological polar surface area (TPSA) is 36.8 Å². The van der Waals surface area contributed by atoms with Crippen molar-refractivity contribution in [3.05, 3.63) is 56.4 Å². The van der Waals surface area contributed by atoms with Crippen LogP contribution in [0.15, 0.2) is 40.2 Å². The van der Waals surface area contributed by atoms with Gasteiger partial charge in [-0.05, 0) is 34.1 Å². The highest BCUT2D eigenvalue weighted by molar-refractivity contribution is 9.11. The number of thiophene rings is 1. The largest absolute Gasteiger partial charge is 0.334 e. The monoisotopic (exact) mass is 412 g/mol. The number of hydrogen-bond acceptors (Lipinski definition) is 2. The molecule has 1 aliphatic heterocycles. The van der Waals surface area contributed by atoms with E-state index < -0.39 is 0 Å². The molecule has 1 aliphatic rings. The Kier molecular flexibility index (Phi) is 5.86. The normalized spacial score (nSPS) is 15.5. The summed E-state index contributed by atoms with van der Waals surface area (Å²) in [4.78, 5) is 16.9. The van der Waals surface area contributed by atoms with Gasteiger partial charge in [0.2, 0.25) is 0 Å². The molecule has 0 radical (unpaired) electrons. The Hall–Kier alpha value is -1.44. The van der Waals surface area contributed by atoms with Gasteiger partial charge in [-0.15, -0.1) is 11.3 Å². The number of hydrogen-bond donors (Lipinski definition) is 2. The zero-order valence-electron chi connectivity index (χ0n) is 13.2. The molecule has 0 aliphatic carbocycles. The molecule has 4 nitrogen and oxygen atoms in total. The van der Waals surface area contributed by atoms with Gasteiger partial charge in [0.1, 0.15) is 12.4 Å². The second-order valence-electron chi connectivity index (χ2n) is 5.87. The molecule has 128 valence electrons. The highest BCUT2D eigenvalue weighted by atomic mass is 79.9. The van der Waals surface area contributed by atoms with Crippen LogP contribution in [0.4, 0.5) is 9.18 Å². The van der Waals surface area contributed by atoms with E-state index in [9.17, 15) is 9.18 Å². The summed E-state index contributed by atoms with van der Waals surface area (Å²) >= 11 is 5.25. The molecule has 2 N–H and O–H groups in total. The van der Waals surface area contributed by atoms with Crippen LogP contribution in [0.3, 0.4) is 0 Å². The first kappa shape index (κ1) is 17.4. The average molecular weight is 413 g/mol. The zero-order valence-corrected chi connectivity index (χ0v) is 15.6. The lowest BCUT2D eigenvalue weighted by Gasteiger charge is -2.32. The molecule has 1 aromatic heterocycles. The van der Waals surface area contributed by atoms with Crippen LogP contribution in [0.2, 0.25) is 0 Å². The minimum atomic E-state index is -0.283. The maximum Gasteiger partial charge on any atom is 0.318 e. The summed E-state index contributed by atoms with van der Waals surface area (Å²) in [6.45, 7) is 4.55. The number of carbonyl (C=O) groups excluding carboxylic acids is 1. The molecule has 1 aromatic carbocycles. The predicted molar refractivity (Wildman–Crippen MR) is 96.6 cm³/mol. The van der Waals surface area contributed by atoms with Gasteiger partial charge >= 0.3 is 6.03 Å². The van der Waals surface area contributed by atoms with E-state index in [1.54, 1.807) is 29.5 Å². The molecule has 0 saturated carbocycles. The first-order valence-corrected chi connectivity index (χ1v) is 9.57. The van der Waals surface area contributed by atoms with Crippen molar-refractivity contribution >= 4 is 33.3 Å². The Labute approximate surface area is 153 Å². The fourth-order valence-corrected chi connectivity index (χ4v) is 4.38. The number of carbonyl (C=O) groups is 1. The Balaban J connectivity index is 1.44. The number of urea groups is 1. The van der Waals surface area contributed by atoms with E-state index in [-0.39, 0.29) is 18.4 Å². The SMILES string of the molecule is O=C(NCc1ccccc1F)N1CC[NH+](Cc2ccc(Br)s2)CC1. The van der Waals surface area contributed by atoms with Crippen LogP contribution in [0, 0.1) is 5.82 Å². The second kappa shape index (κ2) is 8.09. The molecule has 2 aromatic rings. The Morgan fingerprint density at radius 2 is 2.00 bits per heavy atom. The lowest BCUT2D eigenvalue weighted by molar-refractivity contribution is -0.917. The summed E-state index contributed by atoms with van der Waals surface area (Å²) in [6.07, 6.45) is 0. The third-order valence-corrected chi connectivity index (χ3v) is 5.82. The standard InChI is InChI=1S/C17H19BrFN3OS/c18-16-6-5-14(24-16)12-21-7-9-22(10-8-21)17(23)20-11-13-3-1-2-4-15(13)19/h1-6H,7-12H2,(H,20,23)/p+1. The van der Waals surface area contributed by atoms with Gasteiger partial charge < -0.3 is 15.1 Å². The van der Waals surface area contributed by atoms with Crippen molar-refractivity contribution in [2.24, 2.45) is 0 Å². The molecule has 2 amide bonds. The smallest absolute Gasteiger partial charge is 0.318 e. The maximum absolute atomic E-state index is 13.6. The number of halogens is 2. The molecule has 1 saturated heterocycles. The van der Waals surface area contributed by atoms with Gasteiger partial charge in [-0.1, -0.05) is 18.2 Å². The summed E-state index contributed by atoms with van der Waals surface area (Å²) in [5.74, 6) is -0.283.